The Balaban J connectivity index is 2.18. The molecule has 0 aliphatic carbocycles. The SMILES string of the molecule is CC(N)C(c1ccccn1)N1CCC(O)C1. The van der Waals surface area contributed by atoms with Crippen molar-refractivity contribution in [2.24, 2.45) is 5.73 Å². The lowest BCUT2D eigenvalue weighted by Gasteiger charge is -2.30. The number of hydrogen-bond acceptors (Lipinski definition) is 4. The first-order valence-electron chi connectivity index (χ1n) is 5.77. The van der Waals surface area contributed by atoms with Crippen LogP contribution in [0, 0.1) is 0 Å². The summed E-state index contributed by atoms with van der Waals surface area (Å²) in [7, 11) is 0. The third-order valence-corrected chi connectivity index (χ3v) is 3.08. The second-order valence-corrected chi connectivity index (χ2v) is 4.50. The minimum atomic E-state index is -0.218. The molecule has 4 nitrogen and oxygen atoms in total. The van der Waals surface area contributed by atoms with Crippen molar-refractivity contribution in [2.75, 3.05) is 13.1 Å². The van der Waals surface area contributed by atoms with Crippen molar-refractivity contribution in [3.05, 3.63) is 30.1 Å². The Morgan fingerprint density at radius 3 is 2.88 bits per heavy atom. The monoisotopic (exact) mass is 221 g/mol. The van der Waals surface area contributed by atoms with E-state index in [1.54, 1.807) is 6.20 Å². The van der Waals surface area contributed by atoms with Crippen LogP contribution in [0.25, 0.3) is 0 Å². The molecule has 88 valence electrons. The van der Waals surface area contributed by atoms with Crippen molar-refractivity contribution in [1.29, 1.82) is 0 Å². The van der Waals surface area contributed by atoms with E-state index in [1.165, 1.54) is 0 Å². The number of aromatic nitrogens is 1. The summed E-state index contributed by atoms with van der Waals surface area (Å²) in [4.78, 5) is 6.59. The normalized spacial score (nSPS) is 25.6. The molecule has 0 aromatic carbocycles. The molecule has 1 aliphatic heterocycles. The molecule has 0 saturated carbocycles. The van der Waals surface area contributed by atoms with Crippen LogP contribution in [0.3, 0.4) is 0 Å². The highest BCUT2D eigenvalue weighted by Gasteiger charge is 2.30. The summed E-state index contributed by atoms with van der Waals surface area (Å²) in [5.74, 6) is 0. The van der Waals surface area contributed by atoms with E-state index in [2.05, 4.69) is 9.88 Å². The van der Waals surface area contributed by atoms with Gasteiger partial charge in [-0.25, -0.2) is 0 Å². The summed E-state index contributed by atoms with van der Waals surface area (Å²) in [6.45, 7) is 3.58. The van der Waals surface area contributed by atoms with Gasteiger partial charge in [-0.1, -0.05) is 6.07 Å². The van der Waals surface area contributed by atoms with E-state index in [0.29, 0.717) is 6.54 Å². The summed E-state index contributed by atoms with van der Waals surface area (Å²) in [5, 5.41) is 9.57. The zero-order valence-corrected chi connectivity index (χ0v) is 9.58. The highest BCUT2D eigenvalue weighted by molar-refractivity contribution is 5.11. The molecule has 3 atom stereocenters. The predicted octanol–water partition coefficient (Wildman–Crippen LogP) is 0.537. The molecule has 2 rings (SSSR count). The van der Waals surface area contributed by atoms with Gasteiger partial charge in [0.05, 0.1) is 17.8 Å². The Labute approximate surface area is 96.1 Å². The van der Waals surface area contributed by atoms with Gasteiger partial charge in [-0.15, -0.1) is 0 Å². The van der Waals surface area contributed by atoms with Crippen LogP contribution in [-0.4, -0.2) is 40.2 Å². The van der Waals surface area contributed by atoms with Gasteiger partial charge in [0.1, 0.15) is 0 Å². The highest BCUT2D eigenvalue weighted by atomic mass is 16.3. The second kappa shape index (κ2) is 4.91. The summed E-state index contributed by atoms with van der Waals surface area (Å²) >= 11 is 0. The van der Waals surface area contributed by atoms with E-state index in [4.69, 9.17) is 5.73 Å². The summed E-state index contributed by atoms with van der Waals surface area (Å²) < 4.78 is 0. The number of pyridine rings is 1. The number of hydrogen-bond donors (Lipinski definition) is 2. The van der Waals surface area contributed by atoms with Crippen molar-refractivity contribution in [2.45, 2.75) is 31.5 Å². The molecule has 1 aromatic rings. The molecular formula is C12H19N3O. The smallest absolute Gasteiger partial charge is 0.0679 e. The van der Waals surface area contributed by atoms with Crippen LogP contribution >= 0.6 is 0 Å². The quantitative estimate of drug-likeness (QED) is 0.782. The third kappa shape index (κ3) is 2.40. The topological polar surface area (TPSA) is 62.4 Å². The summed E-state index contributed by atoms with van der Waals surface area (Å²) in [5.41, 5.74) is 7.02. The zero-order chi connectivity index (χ0) is 11.5. The molecule has 1 aromatic heterocycles. The minimum absolute atomic E-state index is 0.0141. The van der Waals surface area contributed by atoms with E-state index in [9.17, 15) is 5.11 Å². The molecule has 0 bridgehead atoms. The van der Waals surface area contributed by atoms with Crippen molar-refractivity contribution in [1.82, 2.24) is 9.88 Å². The molecule has 2 heterocycles. The van der Waals surface area contributed by atoms with Crippen molar-refractivity contribution < 1.29 is 5.11 Å². The van der Waals surface area contributed by atoms with Crippen LogP contribution in [0.5, 0.6) is 0 Å². The molecule has 1 aliphatic rings. The van der Waals surface area contributed by atoms with Crippen LogP contribution in [0.2, 0.25) is 0 Å². The molecule has 16 heavy (non-hydrogen) atoms. The maximum atomic E-state index is 9.57. The van der Waals surface area contributed by atoms with E-state index < -0.39 is 0 Å². The standard InChI is InChI=1S/C12H19N3O/c1-9(13)12(11-4-2-3-6-14-11)15-7-5-10(16)8-15/h2-4,6,9-10,12,16H,5,7-8,13H2,1H3. The fourth-order valence-electron chi connectivity index (χ4n) is 2.36. The Morgan fingerprint density at radius 2 is 2.38 bits per heavy atom. The number of nitrogens with zero attached hydrogens (tertiary/aromatic N) is 2. The Bertz CT molecular complexity index is 328. The van der Waals surface area contributed by atoms with Crippen LogP contribution in [0.4, 0.5) is 0 Å². The van der Waals surface area contributed by atoms with E-state index >= 15 is 0 Å². The van der Waals surface area contributed by atoms with Gasteiger partial charge in [-0.05, 0) is 25.5 Å². The van der Waals surface area contributed by atoms with Gasteiger partial charge in [0, 0.05) is 25.3 Å². The zero-order valence-electron chi connectivity index (χ0n) is 9.58. The summed E-state index contributed by atoms with van der Waals surface area (Å²) in [6.07, 6.45) is 2.40. The van der Waals surface area contributed by atoms with Crippen LogP contribution in [0.15, 0.2) is 24.4 Å². The molecule has 3 unspecified atom stereocenters. The van der Waals surface area contributed by atoms with Gasteiger partial charge >= 0.3 is 0 Å². The molecule has 3 N–H and O–H groups in total. The molecule has 0 radical (unpaired) electrons. The third-order valence-electron chi connectivity index (χ3n) is 3.08. The van der Waals surface area contributed by atoms with Gasteiger partial charge in [0.15, 0.2) is 0 Å². The average molecular weight is 221 g/mol. The number of nitrogens with two attached hydrogens (primary N) is 1. The fraction of sp³-hybridized carbons (Fsp3) is 0.583. The number of rotatable bonds is 3. The highest BCUT2D eigenvalue weighted by Crippen LogP contribution is 2.25. The molecule has 4 heteroatoms. The van der Waals surface area contributed by atoms with Gasteiger partial charge in [0.2, 0.25) is 0 Å². The van der Waals surface area contributed by atoms with E-state index in [1.807, 2.05) is 25.1 Å². The Morgan fingerprint density at radius 1 is 1.56 bits per heavy atom. The molecule has 1 saturated heterocycles. The van der Waals surface area contributed by atoms with E-state index in [0.717, 1.165) is 18.7 Å². The Hall–Kier alpha value is -0.970. The first-order valence-corrected chi connectivity index (χ1v) is 5.77. The van der Waals surface area contributed by atoms with Crippen LogP contribution < -0.4 is 5.73 Å². The van der Waals surface area contributed by atoms with E-state index in [-0.39, 0.29) is 18.2 Å². The number of aliphatic hydroxyl groups excluding tert-OH is 1. The largest absolute Gasteiger partial charge is 0.392 e. The number of β-amino-alcohol motifs (C(OH)–C–C–N with tert-alkyl or cyclic N) is 1. The fourth-order valence-corrected chi connectivity index (χ4v) is 2.36. The molecule has 0 spiro atoms. The van der Waals surface area contributed by atoms with Crippen LogP contribution in [-0.2, 0) is 0 Å². The van der Waals surface area contributed by atoms with Crippen molar-refractivity contribution in [3.63, 3.8) is 0 Å². The average Bonchev–Trinajstić information content (AvgIpc) is 2.66. The first kappa shape index (κ1) is 11.5. The van der Waals surface area contributed by atoms with Gasteiger partial charge in [0.25, 0.3) is 0 Å². The van der Waals surface area contributed by atoms with Gasteiger partial charge in [-0.2, -0.15) is 0 Å². The second-order valence-electron chi connectivity index (χ2n) is 4.50. The molecular weight excluding hydrogens is 202 g/mol. The summed E-state index contributed by atoms with van der Waals surface area (Å²) in [6, 6.07) is 6.00. The van der Waals surface area contributed by atoms with Crippen molar-refractivity contribution in [3.8, 4) is 0 Å². The van der Waals surface area contributed by atoms with Crippen LogP contribution in [0.1, 0.15) is 25.1 Å². The Kier molecular flexibility index (Phi) is 3.53. The molecule has 1 fully saturated rings. The van der Waals surface area contributed by atoms with Gasteiger partial charge < -0.3 is 10.8 Å². The predicted molar refractivity (Wildman–Crippen MR) is 62.8 cm³/mol. The number of aliphatic hydroxyl groups is 1. The minimum Gasteiger partial charge on any atom is -0.392 e. The van der Waals surface area contributed by atoms with Gasteiger partial charge in [-0.3, -0.25) is 9.88 Å². The lowest BCUT2D eigenvalue weighted by molar-refractivity contribution is 0.150. The maximum absolute atomic E-state index is 9.57. The lowest BCUT2D eigenvalue weighted by atomic mass is 10.1. The maximum Gasteiger partial charge on any atom is 0.0679 e. The number of likely N-dealkylation sites (tertiary alicyclic amines) is 1. The first-order chi connectivity index (χ1) is 7.68. The molecule has 0 amide bonds. The van der Waals surface area contributed by atoms with Crippen molar-refractivity contribution >= 4 is 0 Å². The lowest BCUT2D eigenvalue weighted by Crippen LogP contribution is -2.39.